The second-order valence-corrected chi connectivity index (χ2v) is 2.76. The lowest BCUT2D eigenvalue weighted by atomic mass is 10.0. The molecule has 1 rings (SSSR count). The Morgan fingerprint density at radius 2 is 2.23 bits per heavy atom. The SMILES string of the molecule is C=Cc1cc(C)c(C(N)=O)cc1F. The highest BCUT2D eigenvalue weighted by atomic mass is 19.1. The summed E-state index contributed by atoms with van der Waals surface area (Å²) in [6.07, 6.45) is 1.40. The van der Waals surface area contributed by atoms with Crippen molar-refractivity contribution in [1.29, 1.82) is 0 Å². The molecule has 1 aromatic carbocycles. The first kappa shape index (κ1) is 9.45. The van der Waals surface area contributed by atoms with Crippen LogP contribution in [0.3, 0.4) is 0 Å². The van der Waals surface area contributed by atoms with Gasteiger partial charge in [-0.3, -0.25) is 4.79 Å². The molecule has 0 fully saturated rings. The molecule has 0 spiro atoms. The fraction of sp³-hybridized carbons (Fsp3) is 0.100. The Hall–Kier alpha value is -1.64. The Kier molecular flexibility index (Phi) is 2.46. The summed E-state index contributed by atoms with van der Waals surface area (Å²) in [7, 11) is 0. The van der Waals surface area contributed by atoms with Crippen molar-refractivity contribution in [3.8, 4) is 0 Å². The van der Waals surface area contributed by atoms with E-state index in [4.69, 9.17) is 5.73 Å². The summed E-state index contributed by atoms with van der Waals surface area (Å²) in [5.74, 6) is -1.10. The quantitative estimate of drug-likeness (QED) is 0.740. The normalized spacial score (nSPS) is 9.69. The fourth-order valence-corrected chi connectivity index (χ4v) is 1.13. The van der Waals surface area contributed by atoms with Gasteiger partial charge in [-0.05, 0) is 24.6 Å². The molecule has 0 bridgehead atoms. The van der Waals surface area contributed by atoms with Gasteiger partial charge in [0.15, 0.2) is 0 Å². The molecule has 2 nitrogen and oxygen atoms in total. The largest absolute Gasteiger partial charge is 0.366 e. The molecular weight excluding hydrogens is 169 g/mol. The number of amides is 1. The van der Waals surface area contributed by atoms with Crippen LogP contribution in [0.2, 0.25) is 0 Å². The summed E-state index contributed by atoms with van der Waals surface area (Å²) in [5, 5.41) is 0. The van der Waals surface area contributed by atoms with Crippen molar-refractivity contribution < 1.29 is 9.18 Å². The number of rotatable bonds is 2. The van der Waals surface area contributed by atoms with Gasteiger partial charge >= 0.3 is 0 Å². The first-order valence-corrected chi connectivity index (χ1v) is 3.78. The van der Waals surface area contributed by atoms with Crippen molar-refractivity contribution >= 4 is 12.0 Å². The Morgan fingerprint density at radius 3 is 2.69 bits per heavy atom. The van der Waals surface area contributed by atoms with Gasteiger partial charge in [-0.15, -0.1) is 0 Å². The molecule has 0 radical (unpaired) electrons. The molecule has 0 aromatic heterocycles. The molecule has 0 unspecified atom stereocenters. The number of nitrogens with two attached hydrogens (primary N) is 1. The number of benzene rings is 1. The minimum absolute atomic E-state index is 0.211. The number of carbonyl (C=O) groups is 1. The van der Waals surface area contributed by atoms with Crippen molar-refractivity contribution in [2.24, 2.45) is 5.73 Å². The third kappa shape index (κ3) is 1.75. The third-order valence-corrected chi connectivity index (χ3v) is 1.83. The smallest absolute Gasteiger partial charge is 0.249 e. The summed E-state index contributed by atoms with van der Waals surface area (Å²) in [6.45, 7) is 5.15. The molecule has 68 valence electrons. The lowest BCUT2D eigenvalue weighted by Crippen LogP contribution is -2.13. The zero-order chi connectivity index (χ0) is 10.0. The van der Waals surface area contributed by atoms with E-state index in [0.717, 1.165) is 6.07 Å². The summed E-state index contributed by atoms with van der Waals surface area (Å²) >= 11 is 0. The number of aryl methyl sites for hydroxylation is 1. The topological polar surface area (TPSA) is 43.1 Å². The van der Waals surface area contributed by atoms with Gasteiger partial charge in [0.25, 0.3) is 0 Å². The van der Waals surface area contributed by atoms with Gasteiger partial charge in [0.05, 0.1) is 0 Å². The van der Waals surface area contributed by atoms with E-state index in [1.165, 1.54) is 6.08 Å². The summed E-state index contributed by atoms with van der Waals surface area (Å²) in [4.78, 5) is 10.8. The molecule has 0 atom stereocenters. The fourth-order valence-electron chi connectivity index (χ4n) is 1.13. The van der Waals surface area contributed by atoms with Gasteiger partial charge in [-0.1, -0.05) is 12.7 Å². The molecule has 0 aliphatic rings. The first-order valence-electron chi connectivity index (χ1n) is 3.78. The van der Waals surface area contributed by atoms with Crippen LogP contribution in [0.1, 0.15) is 21.5 Å². The number of primary amides is 1. The number of hydrogen-bond donors (Lipinski definition) is 1. The van der Waals surface area contributed by atoms with Crippen LogP contribution in [0.5, 0.6) is 0 Å². The summed E-state index contributed by atoms with van der Waals surface area (Å²) in [6, 6.07) is 2.68. The minimum Gasteiger partial charge on any atom is -0.366 e. The van der Waals surface area contributed by atoms with Gasteiger partial charge in [-0.2, -0.15) is 0 Å². The van der Waals surface area contributed by atoms with E-state index in [1.54, 1.807) is 13.0 Å². The molecule has 2 N–H and O–H groups in total. The van der Waals surface area contributed by atoms with E-state index in [1.807, 2.05) is 0 Å². The number of hydrogen-bond acceptors (Lipinski definition) is 1. The Labute approximate surface area is 75.9 Å². The Bertz CT molecular complexity index is 371. The van der Waals surface area contributed by atoms with Crippen molar-refractivity contribution in [2.75, 3.05) is 0 Å². The maximum absolute atomic E-state index is 13.1. The maximum Gasteiger partial charge on any atom is 0.249 e. The van der Waals surface area contributed by atoms with Crippen LogP contribution in [0, 0.1) is 12.7 Å². The van der Waals surface area contributed by atoms with Gasteiger partial charge in [0.2, 0.25) is 5.91 Å². The van der Waals surface area contributed by atoms with Crippen molar-refractivity contribution in [3.63, 3.8) is 0 Å². The van der Waals surface area contributed by atoms with E-state index in [-0.39, 0.29) is 5.56 Å². The highest BCUT2D eigenvalue weighted by molar-refractivity contribution is 5.94. The average molecular weight is 179 g/mol. The van der Waals surface area contributed by atoms with E-state index < -0.39 is 11.7 Å². The number of carbonyl (C=O) groups excluding carboxylic acids is 1. The van der Waals surface area contributed by atoms with E-state index in [9.17, 15) is 9.18 Å². The molecule has 1 aromatic rings. The van der Waals surface area contributed by atoms with Crippen LogP contribution >= 0.6 is 0 Å². The molecule has 0 saturated heterocycles. The van der Waals surface area contributed by atoms with Crippen LogP contribution in [0.25, 0.3) is 6.08 Å². The molecule has 3 heteroatoms. The second kappa shape index (κ2) is 3.39. The summed E-state index contributed by atoms with van der Waals surface area (Å²) < 4.78 is 13.1. The van der Waals surface area contributed by atoms with E-state index in [2.05, 4.69) is 6.58 Å². The van der Waals surface area contributed by atoms with Gasteiger partial charge in [0, 0.05) is 11.1 Å². The Balaban J connectivity index is 3.36. The molecule has 0 saturated carbocycles. The van der Waals surface area contributed by atoms with Crippen LogP contribution in [-0.2, 0) is 0 Å². The van der Waals surface area contributed by atoms with Crippen molar-refractivity contribution in [3.05, 3.63) is 41.2 Å². The summed E-state index contributed by atoms with van der Waals surface area (Å²) in [5.41, 5.74) is 6.29. The van der Waals surface area contributed by atoms with Crippen LogP contribution in [0.4, 0.5) is 4.39 Å². The van der Waals surface area contributed by atoms with E-state index >= 15 is 0 Å². The molecule has 0 aliphatic carbocycles. The zero-order valence-corrected chi connectivity index (χ0v) is 7.30. The zero-order valence-electron chi connectivity index (χ0n) is 7.30. The number of halogens is 1. The lowest BCUT2D eigenvalue weighted by Gasteiger charge is -2.03. The van der Waals surface area contributed by atoms with Crippen LogP contribution in [0.15, 0.2) is 18.7 Å². The predicted octanol–water partition coefficient (Wildman–Crippen LogP) is 1.88. The highest BCUT2D eigenvalue weighted by Gasteiger charge is 2.08. The molecule has 1 amide bonds. The standard InChI is InChI=1S/C10H10FNO/c1-3-7-4-6(2)8(10(12)13)5-9(7)11/h3-5H,1H2,2H3,(H2,12,13). The minimum atomic E-state index is -0.619. The molecule has 0 heterocycles. The van der Waals surface area contributed by atoms with Crippen LogP contribution in [-0.4, -0.2) is 5.91 Å². The Morgan fingerprint density at radius 1 is 1.62 bits per heavy atom. The second-order valence-electron chi connectivity index (χ2n) is 2.76. The van der Waals surface area contributed by atoms with E-state index in [0.29, 0.717) is 11.1 Å². The third-order valence-electron chi connectivity index (χ3n) is 1.83. The van der Waals surface area contributed by atoms with Gasteiger partial charge in [-0.25, -0.2) is 4.39 Å². The van der Waals surface area contributed by atoms with Crippen LogP contribution < -0.4 is 5.73 Å². The highest BCUT2D eigenvalue weighted by Crippen LogP contribution is 2.15. The van der Waals surface area contributed by atoms with Crippen molar-refractivity contribution in [1.82, 2.24) is 0 Å². The van der Waals surface area contributed by atoms with Crippen molar-refractivity contribution in [2.45, 2.75) is 6.92 Å². The molecule has 0 aliphatic heterocycles. The monoisotopic (exact) mass is 179 g/mol. The predicted molar refractivity (Wildman–Crippen MR) is 49.7 cm³/mol. The average Bonchev–Trinajstić information content (AvgIpc) is 2.07. The van der Waals surface area contributed by atoms with Gasteiger partial charge in [0.1, 0.15) is 5.82 Å². The molecule has 13 heavy (non-hydrogen) atoms. The first-order chi connectivity index (χ1) is 6.06. The lowest BCUT2D eigenvalue weighted by molar-refractivity contribution is 0.0999. The van der Waals surface area contributed by atoms with Gasteiger partial charge < -0.3 is 5.73 Å². The maximum atomic E-state index is 13.1. The molecular formula is C10H10FNO.